The summed E-state index contributed by atoms with van der Waals surface area (Å²) in [5, 5.41) is 2.08. The maximum Gasteiger partial charge on any atom is 0.245 e. The highest BCUT2D eigenvalue weighted by Gasteiger charge is 2.24. The summed E-state index contributed by atoms with van der Waals surface area (Å²) in [6.45, 7) is -0.735. The van der Waals surface area contributed by atoms with Crippen LogP contribution >= 0.6 is 11.6 Å². The summed E-state index contributed by atoms with van der Waals surface area (Å²) in [4.78, 5) is 12.1. The van der Waals surface area contributed by atoms with Crippen LogP contribution in [0.15, 0.2) is 36.4 Å². The second kappa shape index (κ2) is 7.32. The van der Waals surface area contributed by atoms with Gasteiger partial charge >= 0.3 is 0 Å². The summed E-state index contributed by atoms with van der Waals surface area (Å²) in [5.74, 6) is -5.71. The van der Waals surface area contributed by atoms with E-state index in [2.05, 4.69) is 0 Å². The number of sulfonamides is 1. The Bertz CT molecular complexity index is 922. The summed E-state index contributed by atoms with van der Waals surface area (Å²) >= 11 is 5.94. The summed E-state index contributed by atoms with van der Waals surface area (Å²) in [6, 6.07) is 7.37. The molecule has 2 aromatic rings. The monoisotopic (exact) mass is 392 g/mol. The van der Waals surface area contributed by atoms with E-state index in [-0.39, 0.29) is 10.7 Å². The molecule has 5 nitrogen and oxygen atoms in total. The molecule has 2 aromatic carbocycles. The summed E-state index contributed by atoms with van der Waals surface area (Å²) in [7, 11) is -3.89. The van der Waals surface area contributed by atoms with Gasteiger partial charge in [-0.1, -0.05) is 23.7 Å². The average Bonchev–Trinajstić information content (AvgIpc) is 2.53. The molecule has 134 valence electrons. The molecule has 0 unspecified atom stereocenters. The SMILES string of the molecule is CS(=O)(=O)N(CC(=O)Nc1ccc(F)c(F)c1F)c1ccccc1Cl. The molecular weight excluding hydrogens is 381 g/mol. The molecule has 0 radical (unpaired) electrons. The molecule has 0 heterocycles. The third kappa shape index (κ3) is 4.43. The number of carbonyl (C=O) groups is 1. The van der Waals surface area contributed by atoms with E-state index in [1.807, 2.05) is 5.32 Å². The number of rotatable bonds is 5. The van der Waals surface area contributed by atoms with Gasteiger partial charge in [-0.3, -0.25) is 9.10 Å². The molecule has 0 aliphatic rings. The lowest BCUT2D eigenvalue weighted by Gasteiger charge is -2.22. The summed E-state index contributed by atoms with van der Waals surface area (Å²) in [6.07, 6.45) is 0.863. The van der Waals surface area contributed by atoms with Crippen molar-refractivity contribution in [2.75, 3.05) is 22.4 Å². The Kier molecular flexibility index (Phi) is 5.58. The highest BCUT2D eigenvalue weighted by Crippen LogP contribution is 2.27. The highest BCUT2D eigenvalue weighted by atomic mass is 35.5. The van der Waals surface area contributed by atoms with E-state index in [9.17, 15) is 26.4 Å². The fourth-order valence-corrected chi connectivity index (χ4v) is 3.13. The van der Waals surface area contributed by atoms with Crippen molar-refractivity contribution in [3.63, 3.8) is 0 Å². The normalized spacial score (nSPS) is 11.2. The van der Waals surface area contributed by atoms with Gasteiger partial charge in [-0.05, 0) is 24.3 Å². The Labute approximate surface area is 147 Å². The van der Waals surface area contributed by atoms with Gasteiger partial charge in [0.1, 0.15) is 6.54 Å². The minimum absolute atomic E-state index is 0.0487. The lowest BCUT2D eigenvalue weighted by molar-refractivity contribution is -0.114. The van der Waals surface area contributed by atoms with E-state index in [1.165, 1.54) is 18.2 Å². The van der Waals surface area contributed by atoms with Crippen LogP contribution in [0, 0.1) is 17.5 Å². The van der Waals surface area contributed by atoms with Crippen LogP contribution in [0.1, 0.15) is 0 Å². The Hall–Kier alpha value is -2.26. The van der Waals surface area contributed by atoms with E-state index in [0.29, 0.717) is 10.4 Å². The van der Waals surface area contributed by atoms with Gasteiger partial charge in [-0.2, -0.15) is 0 Å². The van der Waals surface area contributed by atoms with Crippen molar-refractivity contribution in [2.45, 2.75) is 0 Å². The molecule has 25 heavy (non-hydrogen) atoms. The molecule has 1 N–H and O–H groups in total. The number of hydrogen-bond donors (Lipinski definition) is 1. The molecule has 0 spiro atoms. The van der Waals surface area contributed by atoms with Gasteiger partial charge in [-0.25, -0.2) is 21.6 Å². The number of anilines is 2. The number of hydrogen-bond acceptors (Lipinski definition) is 3. The van der Waals surface area contributed by atoms with Crippen molar-refractivity contribution in [1.29, 1.82) is 0 Å². The fraction of sp³-hybridized carbons (Fsp3) is 0.133. The van der Waals surface area contributed by atoms with Gasteiger partial charge in [0.25, 0.3) is 0 Å². The van der Waals surface area contributed by atoms with Crippen molar-refractivity contribution in [1.82, 2.24) is 0 Å². The Morgan fingerprint density at radius 2 is 1.76 bits per heavy atom. The number of para-hydroxylation sites is 1. The van der Waals surface area contributed by atoms with Crippen LogP contribution in [0.5, 0.6) is 0 Å². The molecule has 0 fully saturated rings. The molecule has 0 aliphatic carbocycles. The van der Waals surface area contributed by atoms with E-state index in [4.69, 9.17) is 11.6 Å². The van der Waals surface area contributed by atoms with E-state index < -0.39 is 45.6 Å². The van der Waals surface area contributed by atoms with Crippen molar-refractivity contribution in [2.24, 2.45) is 0 Å². The molecule has 2 rings (SSSR count). The molecule has 10 heteroatoms. The first-order valence-electron chi connectivity index (χ1n) is 6.77. The van der Waals surface area contributed by atoms with E-state index in [1.54, 1.807) is 6.07 Å². The number of amides is 1. The van der Waals surface area contributed by atoms with E-state index >= 15 is 0 Å². The first-order valence-corrected chi connectivity index (χ1v) is 8.99. The van der Waals surface area contributed by atoms with Gasteiger partial charge < -0.3 is 5.32 Å². The maximum absolute atomic E-state index is 13.6. The van der Waals surface area contributed by atoms with Crippen LogP contribution in [0.2, 0.25) is 5.02 Å². The second-order valence-corrected chi connectivity index (χ2v) is 7.31. The van der Waals surface area contributed by atoms with Crippen molar-refractivity contribution < 1.29 is 26.4 Å². The summed E-state index contributed by atoms with van der Waals surface area (Å²) < 4.78 is 64.3. The Balaban J connectivity index is 2.27. The standard InChI is InChI=1S/C15H12ClF3N2O3S/c1-25(23,24)21(12-5-3-2-4-9(12)16)8-13(22)20-11-7-6-10(17)14(18)15(11)19/h2-7H,8H2,1H3,(H,20,22). The van der Waals surface area contributed by atoms with Crippen LogP contribution in [0.3, 0.4) is 0 Å². The molecule has 0 aliphatic heterocycles. The lowest BCUT2D eigenvalue weighted by Crippen LogP contribution is -2.37. The molecule has 0 bridgehead atoms. The van der Waals surface area contributed by atoms with Crippen molar-refractivity contribution >= 4 is 38.9 Å². The first-order chi connectivity index (χ1) is 11.6. The van der Waals surface area contributed by atoms with Crippen LogP contribution in [-0.4, -0.2) is 27.1 Å². The Morgan fingerprint density at radius 3 is 2.36 bits per heavy atom. The first kappa shape index (κ1) is 19.1. The van der Waals surface area contributed by atoms with Crippen LogP contribution in [-0.2, 0) is 14.8 Å². The zero-order valence-electron chi connectivity index (χ0n) is 12.8. The summed E-state index contributed by atoms with van der Waals surface area (Å²) in [5.41, 5.74) is -0.566. The smallest absolute Gasteiger partial charge is 0.245 e. The highest BCUT2D eigenvalue weighted by molar-refractivity contribution is 7.92. The van der Waals surface area contributed by atoms with Gasteiger partial charge in [0.2, 0.25) is 15.9 Å². The van der Waals surface area contributed by atoms with Gasteiger partial charge in [0.15, 0.2) is 17.5 Å². The predicted molar refractivity (Wildman–Crippen MR) is 88.6 cm³/mol. The Morgan fingerprint density at radius 1 is 1.12 bits per heavy atom. The quantitative estimate of drug-likeness (QED) is 0.795. The van der Waals surface area contributed by atoms with Crippen LogP contribution < -0.4 is 9.62 Å². The number of nitrogens with one attached hydrogen (secondary N) is 1. The van der Waals surface area contributed by atoms with Crippen molar-refractivity contribution in [3.05, 3.63) is 58.9 Å². The lowest BCUT2D eigenvalue weighted by atomic mass is 10.2. The second-order valence-electron chi connectivity index (χ2n) is 4.99. The average molecular weight is 393 g/mol. The molecule has 0 saturated heterocycles. The van der Waals surface area contributed by atoms with Gasteiger partial charge in [0, 0.05) is 0 Å². The molecule has 0 atom stereocenters. The molecule has 0 aromatic heterocycles. The number of carbonyl (C=O) groups excluding carboxylic acids is 1. The third-order valence-electron chi connectivity index (χ3n) is 3.12. The van der Waals surface area contributed by atoms with Crippen molar-refractivity contribution in [3.8, 4) is 0 Å². The van der Waals surface area contributed by atoms with E-state index in [0.717, 1.165) is 12.3 Å². The third-order valence-corrected chi connectivity index (χ3v) is 4.56. The van der Waals surface area contributed by atoms with Crippen LogP contribution in [0.25, 0.3) is 0 Å². The molecule has 0 saturated carbocycles. The fourth-order valence-electron chi connectivity index (χ4n) is 1.98. The van der Waals surface area contributed by atoms with Crippen LogP contribution in [0.4, 0.5) is 24.5 Å². The van der Waals surface area contributed by atoms with Gasteiger partial charge in [0.05, 0.1) is 22.7 Å². The zero-order valence-corrected chi connectivity index (χ0v) is 14.3. The maximum atomic E-state index is 13.6. The topological polar surface area (TPSA) is 66.5 Å². The minimum atomic E-state index is -3.89. The number of benzene rings is 2. The number of halogens is 4. The predicted octanol–water partition coefficient (Wildman–Crippen LogP) is 3.16. The largest absolute Gasteiger partial charge is 0.322 e. The minimum Gasteiger partial charge on any atom is -0.322 e. The molecular formula is C15H12ClF3N2O3S. The zero-order chi connectivity index (χ0) is 18.8. The van der Waals surface area contributed by atoms with Gasteiger partial charge in [-0.15, -0.1) is 0 Å². The molecule has 1 amide bonds. The number of nitrogens with zero attached hydrogens (tertiary/aromatic N) is 1.